The van der Waals surface area contributed by atoms with Gasteiger partial charge in [0, 0.05) is 44.5 Å². The average molecular weight is 404 g/mol. The number of rotatable bonds is 8. The Labute approximate surface area is 165 Å². The number of para-hydroxylation sites is 2. The third-order valence-corrected chi connectivity index (χ3v) is 6.30. The molecule has 0 atom stereocenters. The Hall–Kier alpha value is -2.49. The monoisotopic (exact) mass is 404 g/mol. The Balaban J connectivity index is 1.45. The third kappa shape index (κ3) is 5.06. The minimum atomic E-state index is -3.90. The lowest BCUT2D eigenvalue weighted by Crippen LogP contribution is -2.47. The molecule has 2 aromatic rings. The summed E-state index contributed by atoms with van der Waals surface area (Å²) in [5.74, 6) is 0. The van der Waals surface area contributed by atoms with E-state index in [1.54, 1.807) is 0 Å². The van der Waals surface area contributed by atoms with E-state index in [-0.39, 0.29) is 11.4 Å². The number of nitro benzene ring substituents is 1. The van der Waals surface area contributed by atoms with Crippen molar-refractivity contribution >= 4 is 21.4 Å². The van der Waals surface area contributed by atoms with E-state index in [9.17, 15) is 18.5 Å². The number of nitrogens with zero attached hydrogens (tertiary/aromatic N) is 3. The van der Waals surface area contributed by atoms with Crippen LogP contribution in [-0.2, 0) is 10.0 Å². The zero-order valence-corrected chi connectivity index (χ0v) is 16.3. The molecule has 1 aliphatic heterocycles. The van der Waals surface area contributed by atoms with Crippen molar-refractivity contribution in [3.8, 4) is 0 Å². The maximum Gasteiger partial charge on any atom is 0.289 e. The van der Waals surface area contributed by atoms with E-state index in [4.69, 9.17) is 0 Å². The molecular formula is C19H24N4O4S. The van der Waals surface area contributed by atoms with Gasteiger partial charge >= 0.3 is 0 Å². The van der Waals surface area contributed by atoms with Crippen molar-refractivity contribution in [2.45, 2.75) is 11.3 Å². The van der Waals surface area contributed by atoms with E-state index in [0.717, 1.165) is 32.7 Å². The van der Waals surface area contributed by atoms with E-state index in [1.807, 2.05) is 18.2 Å². The first-order chi connectivity index (χ1) is 13.5. The molecule has 1 saturated heterocycles. The second-order valence-electron chi connectivity index (χ2n) is 6.64. The first-order valence-electron chi connectivity index (χ1n) is 9.23. The van der Waals surface area contributed by atoms with Gasteiger partial charge in [0.2, 0.25) is 10.0 Å². The molecule has 2 aromatic carbocycles. The minimum absolute atomic E-state index is 0.243. The van der Waals surface area contributed by atoms with Gasteiger partial charge in [0.05, 0.1) is 4.92 Å². The van der Waals surface area contributed by atoms with Crippen LogP contribution in [0.4, 0.5) is 11.4 Å². The summed E-state index contributed by atoms with van der Waals surface area (Å²) >= 11 is 0. The van der Waals surface area contributed by atoms with Crippen molar-refractivity contribution < 1.29 is 13.3 Å². The molecular weight excluding hydrogens is 380 g/mol. The standard InChI is InChI=1S/C19H24N4O4S/c24-23(25)18-9-4-5-10-19(18)28(26,27)20-11-6-12-21-13-15-22(16-14-21)17-7-2-1-3-8-17/h1-5,7-10,20H,6,11-16H2. The first-order valence-corrected chi connectivity index (χ1v) is 10.7. The highest BCUT2D eigenvalue weighted by molar-refractivity contribution is 7.89. The fraction of sp³-hybridized carbons (Fsp3) is 0.368. The van der Waals surface area contributed by atoms with Crippen LogP contribution >= 0.6 is 0 Å². The quantitative estimate of drug-likeness (QED) is 0.411. The van der Waals surface area contributed by atoms with Crippen LogP contribution in [0.15, 0.2) is 59.5 Å². The molecule has 1 heterocycles. The van der Waals surface area contributed by atoms with Gasteiger partial charge in [0.25, 0.3) is 5.69 Å². The number of benzene rings is 2. The molecule has 0 aliphatic carbocycles. The molecule has 8 nitrogen and oxygen atoms in total. The molecule has 1 N–H and O–H groups in total. The number of nitrogens with one attached hydrogen (secondary N) is 1. The first kappa shape index (κ1) is 20.2. The molecule has 0 aromatic heterocycles. The summed E-state index contributed by atoms with van der Waals surface area (Å²) in [5.41, 5.74) is 0.811. The van der Waals surface area contributed by atoms with Crippen LogP contribution in [-0.4, -0.2) is 57.5 Å². The van der Waals surface area contributed by atoms with Gasteiger partial charge in [0.15, 0.2) is 4.90 Å². The smallest absolute Gasteiger partial charge is 0.289 e. The lowest BCUT2D eigenvalue weighted by atomic mass is 10.2. The molecule has 0 radical (unpaired) electrons. The summed E-state index contributed by atoms with van der Waals surface area (Å²) < 4.78 is 27.2. The normalized spacial score (nSPS) is 15.5. The molecule has 0 amide bonds. The maximum absolute atomic E-state index is 12.4. The summed E-state index contributed by atoms with van der Waals surface area (Å²) in [6, 6.07) is 15.7. The molecule has 1 aliphatic rings. The number of hydrogen-bond acceptors (Lipinski definition) is 6. The van der Waals surface area contributed by atoms with E-state index in [0.29, 0.717) is 6.42 Å². The minimum Gasteiger partial charge on any atom is -0.369 e. The zero-order chi connectivity index (χ0) is 20.0. The zero-order valence-electron chi connectivity index (χ0n) is 15.5. The molecule has 0 saturated carbocycles. The van der Waals surface area contributed by atoms with Crippen molar-refractivity contribution in [3.05, 3.63) is 64.7 Å². The highest BCUT2D eigenvalue weighted by atomic mass is 32.2. The van der Waals surface area contributed by atoms with Crippen LogP contribution in [0, 0.1) is 10.1 Å². The molecule has 0 spiro atoms. The Morgan fingerprint density at radius 2 is 1.61 bits per heavy atom. The number of hydrogen-bond donors (Lipinski definition) is 1. The van der Waals surface area contributed by atoms with Gasteiger partial charge in [-0.05, 0) is 31.2 Å². The van der Waals surface area contributed by atoms with E-state index < -0.39 is 20.6 Å². The highest BCUT2D eigenvalue weighted by Crippen LogP contribution is 2.22. The SMILES string of the molecule is O=[N+]([O-])c1ccccc1S(=O)(=O)NCCCN1CCN(c2ccccc2)CC1. The number of piperazine rings is 1. The summed E-state index contributed by atoms with van der Waals surface area (Å²) in [6.07, 6.45) is 0.644. The van der Waals surface area contributed by atoms with Gasteiger partial charge in [0.1, 0.15) is 0 Å². The van der Waals surface area contributed by atoms with Gasteiger partial charge in [-0.25, -0.2) is 13.1 Å². The van der Waals surface area contributed by atoms with E-state index in [2.05, 4.69) is 26.7 Å². The van der Waals surface area contributed by atoms with Crippen molar-refractivity contribution in [2.75, 3.05) is 44.2 Å². The van der Waals surface area contributed by atoms with Gasteiger partial charge in [-0.1, -0.05) is 30.3 Å². The van der Waals surface area contributed by atoms with Crippen LogP contribution in [0.2, 0.25) is 0 Å². The second-order valence-corrected chi connectivity index (χ2v) is 8.38. The van der Waals surface area contributed by atoms with Crippen molar-refractivity contribution in [3.63, 3.8) is 0 Å². The number of anilines is 1. The molecule has 150 valence electrons. The largest absolute Gasteiger partial charge is 0.369 e. The predicted molar refractivity (Wildman–Crippen MR) is 108 cm³/mol. The molecule has 0 unspecified atom stereocenters. The second kappa shape index (κ2) is 9.13. The Morgan fingerprint density at radius 3 is 2.29 bits per heavy atom. The Kier molecular flexibility index (Phi) is 6.61. The Bertz CT molecular complexity index is 897. The van der Waals surface area contributed by atoms with Crippen LogP contribution in [0.5, 0.6) is 0 Å². The fourth-order valence-electron chi connectivity index (χ4n) is 3.29. The summed E-state index contributed by atoms with van der Waals surface area (Å²) in [4.78, 5) is 14.7. The average Bonchev–Trinajstić information content (AvgIpc) is 2.72. The van der Waals surface area contributed by atoms with Crippen LogP contribution in [0.1, 0.15) is 6.42 Å². The van der Waals surface area contributed by atoms with Gasteiger partial charge in [-0.15, -0.1) is 0 Å². The van der Waals surface area contributed by atoms with Crippen LogP contribution in [0.25, 0.3) is 0 Å². The maximum atomic E-state index is 12.4. The number of sulfonamides is 1. The Morgan fingerprint density at radius 1 is 0.964 bits per heavy atom. The molecule has 0 bridgehead atoms. The highest BCUT2D eigenvalue weighted by Gasteiger charge is 2.24. The van der Waals surface area contributed by atoms with Crippen molar-refractivity contribution in [1.82, 2.24) is 9.62 Å². The third-order valence-electron chi connectivity index (χ3n) is 4.79. The fourth-order valence-corrected chi connectivity index (χ4v) is 4.53. The van der Waals surface area contributed by atoms with E-state index in [1.165, 1.54) is 30.0 Å². The molecule has 3 rings (SSSR count). The molecule has 1 fully saturated rings. The van der Waals surface area contributed by atoms with Crippen molar-refractivity contribution in [1.29, 1.82) is 0 Å². The lowest BCUT2D eigenvalue weighted by Gasteiger charge is -2.36. The van der Waals surface area contributed by atoms with Crippen molar-refractivity contribution in [2.24, 2.45) is 0 Å². The molecule has 9 heteroatoms. The topological polar surface area (TPSA) is 95.8 Å². The summed E-state index contributed by atoms with van der Waals surface area (Å²) in [7, 11) is -3.90. The molecule has 28 heavy (non-hydrogen) atoms. The number of nitro groups is 1. The summed E-state index contributed by atoms with van der Waals surface area (Å²) in [5, 5.41) is 11.0. The summed E-state index contributed by atoms with van der Waals surface area (Å²) in [6.45, 7) is 4.74. The van der Waals surface area contributed by atoms with Gasteiger partial charge < -0.3 is 4.90 Å². The lowest BCUT2D eigenvalue weighted by molar-refractivity contribution is -0.387. The van der Waals surface area contributed by atoms with Gasteiger partial charge in [-0.3, -0.25) is 15.0 Å². The van der Waals surface area contributed by atoms with E-state index >= 15 is 0 Å². The predicted octanol–water partition coefficient (Wildman–Crippen LogP) is 2.09. The van der Waals surface area contributed by atoms with Crippen LogP contribution in [0.3, 0.4) is 0 Å². The van der Waals surface area contributed by atoms with Crippen LogP contribution < -0.4 is 9.62 Å². The van der Waals surface area contributed by atoms with Gasteiger partial charge in [-0.2, -0.15) is 0 Å².